The van der Waals surface area contributed by atoms with E-state index in [2.05, 4.69) is 13.8 Å². The van der Waals surface area contributed by atoms with Gasteiger partial charge >= 0.3 is 0 Å². The van der Waals surface area contributed by atoms with Crippen molar-refractivity contribution in [3.05, 3.63) is 24.3 Å². The molecule has 0 saturated heterocycles. The van der Waals surface area contributed by atoms with Crippen LogP contribution in [-0.2, 0) is 0 Å². The summed E-state index contributed by atoms with van der Waals surface area (Å²) in [6.45, 7) is 4.36. The monoisotopic (exact) mass is 222 g/mol. The van der Waals surface area contributed by atoms with Crippen molar-refractivity contribution in [1.82, 2.24) is 0 Å². The molecule has 0 bridgehead atoms. The Morgan fingerprint density at radius 3 is 2.62 bits per heavy atom. The molecule has 1 atom stereocenters. The number of rotatable bonds is 7. The summed E-state index contributed by atoms with van der Waals surface area (Å²) in [5.74, 6) is 1.04. The highest BCUT2D eigenvalue weighted by Gasteiger charge is 2.09. The summed E-state index contributed by atoms with van der Waals surface area (Å²) in [5, 5.41) is 9.35. The van der Waals surface area contributed by atoms with Gasteiger partial charge < -0.3 is 9.84 Å². The molecule has 90 valence electrons. The highest BCUT2D eigenvalue weighted by molar-refractivity contribution is 5.31. The molecule has 0 aromatic heterocycles. The van der Waals surface area contributed by atoms with Gasteiger partial charge in [-0.15, -0.1) is 0 Å². The van der Waals surface area contributed by atoms with Gasteiger partial charge in [-0.3, -0.25) is 0 Å². The van der Waals surface area contributed by atoms with E-state index < -0.39 is 0 Å². The maximum absolute atomic E-state index is 9.35. The lowest BCUT2D eigenvalue weighted by atomic mass is 10.1. The zero-order valence-corrected chi connectivity index (χ0v) is 10.3. The third kappa shape index (κ3) is 4.56. The molecule has 1 aromatic rings. The van der Waals surface area contributed by atoms with Crippen LogP contribution in [0.5, 0.6) is 11.5 Å². The van der Waals surface area contributed by atoms with Gasteiger partial charge in [0.2, 0.25) is 0 Å². The van der Waals surface area contributed by atoms with Gasteiger partial charge in [0.25, 0.3) is 0 Å². The standard InChI is InChI=1S/C14H22O2/c1-3-5-9-13(7-4-2)16-14-10-6-8-12(15)11-14/h6,8,10-11,13,15H,3-5,7,9H2,1-2H3. The Morgan fingerprint density at radius 2 is 2.00 bits per heavy atom. The second kappa shape index (κ2) is 7.15. The average molecular weight is 222 g/mol. The molecule has 1 rings (SSSR count). The van der Waals surface area contributed by atoms with Crippen LogP contribution in [0.4, 0.5) is 0 Å². The fourth-order valence-electron chi connectivity index (χ4n) is 1.77. The molecular formula is C14H22O2. The van der Waals surface area contributed by atoms with Crippen LogP contribution in [-0.4, -0.2) is 11.2 Å². The summed E-state index contributed by atoms with van der Waals surface area (Å²) in [6, 6.07) is 7.05. The van der Waals surface area contributed by atoms with E-state index in [1.54, 1.807) is 12.1 Å². The lowest BCUT2D eigenvalue weighted by Crippen LogP contribution is -2.16. The van der Waals surface area contributed by atoms with Gasteiger partial charge in [0, 0.05) is 6.07 Å². The van der Waals surface area contributed by atoms with Crippen LogP contribution in [0, 0.1) is 0 Å². The minimum absolute atomic E-state index is 0.267. The molecule has 0 aliphatic carbocycles. The third-order valence-electron chi connectivity index (χ3n) is 2.61. The zero-order chi connectivity index (χ0) is 11.8. The fourth-order valence-corrected chi connectivity index (χ4v) is 1.77. The van der Waals surface area contributed by atoms with E-state index in [1.165, 1.54) is 12.8 Å². The maximum atomic E-state index is 9.35. The van der Waals surface area contributed by atoms with E-state index in [1.807, 2.05) is 12.1 Å². The number of phenolic OH excluding ortho intramolecular Hbond substituents is 1. The smallest absolute Gasteiger partial charge is 0.123 e. The second-order valence-electron chi connectivity index (χ2n) is 4.17. The first-order valence-electron chi connectivity index (χ1n) is 6.22. The van der Waals surface area contributed by atoms with Crippen LogP contribution in [0.2, 0.25) is 0 Å². The Hall–Kier alpha value is -1.18. The molecule has 2 nitrogen and oxygen atoms in total. The number of unbranched alkanes of at least 4 members (excludes halogenated alkanes) is 1. The van der Waals surface area contributed by atoms with E-state index in [9.17, 15) is 5.11 Å². The maximum Gasteiger partial charge on any atom is 0.123 e. The molecule has 0 aliphatic rings. The van der Waals surface area contributed by atoms with Gasteiger partial charge in [-0.05, 0) is 25.0 Å². The first kappa shape index (κ1) is 12.9. The van der Waals surface area contributed by atoms with Crippen LogP contribution >= 0.6 is 0 Å². The highest BCUT2D eigenvalue weighted by Crippen LogP contribution is 2.21. The summed E-state index contributed by atoms with van der Waals surface area (Å²) < 4.78 is 5.88. The Morgan fingerprint density at radius 1 is 1.19 bits per heavy atom. The van der Waals surface area contributed by atoms with Crippen LogP contribution in [0.1, 0.15) is 46.0 Å². The van der Waals surface area contributed by atoms with Crippen molar-refractivity contribution in [2.75, 3.05) is 0 Å². The molecule has 0 spiro atoms. The molecule has 0 amide bonds. The molecule has 2 heteroatoms. The fraction of sp³-hybridized carbons (Fsp3) is 0.571. The lowest BCUT2D eigenvalue weighted by molar-refractivity contribution is 0.176. The molecule has 0 heterocycles. The summed E-state index contributed by atoms with van der Waals surface area (Å²) in [5.41, 5.74) is 0. The summed E-state index contributed by atoms with van der Waals surface area (Å²) in [4.78, 5) is 0. The molecule has 0 aliphatic heterocycles. The molecule has 1 aromatic carbocycles. The molecule has 0 fully saturated rings. The number of aromatic hydroxyl groups is 1. The van der Waals surface area contributed by atoms with Crippen LogP contribution in [0.3, 0.4) is 0 Å². The van der Waals surface area contributed by atoms with Crippen molar-refractivity contribution in [3.63, 3.8) is 0 Å². The summed E-state index contributed by atoms with van der Waals surface area (Å²) >= 11 is 0. The largest absolute Gasteiger partial charge is 0.508 e. The third-order valence-corrected chi connectivity index (χ3v) is 2.61. The van der Waals surface area contributed by atoms with E-state index in [4.69, 9.17) is 4.74 Å². The van der Waals surface area contributed by atoms with E-state index >= 15 is 0 Å². The average Bonchev–Trinajstić information content (AvgIpc) is 2.26. The molecular weight excluding hydrogens is 200 g/mol. The first-order chi connectivity index (χ1) is 7.76. The highest BCUT2D eigenvalue weighted by atomic mass is 16.5. The number of benzene rings is 1. The Labute approximate surface area is 98.3 Å². The minimum Gasteiger partial charge on any atom is -0.508 e. The van der Waals surface area contributed by atoms with Crippen molar-refractivity contribution in [1.29, 1.82) is 0 Å². The Balaban J connectivity index is 2.52. The number of ether oxygens (including phenoxy) is 1. The second-order valence-corrected chi connectivity index (χ2v) is 4.17. The SMILES string of the molecule is CCCCC(CCC)Oc1cccc(O)c1. The van der Waals surface area contributed by atoms with Gasteiger partial charge in [-0.1, -0.05) is 39.2 Å². The Kier molecular flexibility index (Phi) is 5.76. The lowest BCUT2D eigenvalue weighted by Gasteiger charge is -2.18. The van der Waals surface area contributed by atoms with Crippen molar-refractivity contribution >= 4 is 0 Å². The van der Waals surface area contributed by atoms with Crippen molar-refractivity contribution < 1.29 is 9.84 Å². The van der Waals surface area contributed by atoms with E-state index in [-0.39, 0.29) is 11.9 Å². The van der Waals surface area contributed by atoms with Gasteiger partial charge in [-0.25, -0.2) is 0 Å². The molecule has 1 N–H and O–H groups in total. The van der Waals surface area contributed by atoms with Crippen molar-refractivity contribution in [2.45, 2.75) is 52.1 Å². The molecule has 0 saturated carbocycles. The minimum atomic E-state index is 0.267. The van der Waals surface area contributed by atoms with Crippen LogP contribution in [0.15, 0.2) is 24.3 Å². The molecule has 0 radical (unpaired) electrons. The van der Waals surface area contributed by atoms with E-state index in [0.29, 0.717) is 0 Å². The zero-order valence-electron chi connectivity index (χ0n) is 10.3. The number of phenols is 1. The summed E-state index contributed by atoms with van der Waals surface area (Å²) in [7, 11) is 0. The van der Waals surface area contributed by atoms with Gasteiger partial charge in [-0.2, -0.15) is 0 Å². The predicted molar refractivity (Wildman–Crippen MR) is 67.0 cm³/mol. The van der Waals surface area contributed by atoms with E-state index in [0.717, 1.165) is 25.0 Å². The van der Waals surface area contributed by atoms with Crippen LogP contribution < -0.4 is 4.74 Å². The van der Waals surface area contributed by atoms with Gasteiger partial charge in [0.1, 0.15) is 11.5 Å². The number of hydrogen-bond acceptors (Lipinski definition) is 2. The van der Waals surface area contributed by atoms with Crippen molar-refractivity contribution in [2.24, 2.45) is 0 Å². The van der Waals surface area contributed by atoms with Crippen molar-refractivity contribution in [3.8, 4) is 11.5 Å². The number of hydrogen-bond donors (Lipinski definition) is 1. The predicted octanol–water partition coefficient (Wildman–Crippen LogP) is 4.13. The quantitative estimate of drug-likeness (QED) is 0.751. The first-order valence-corrected chi connectivity index (χ1v) is 6.22. The molecule has 1 unspecified atom stereocenters. The topological polar surface area (TPSA) is 29.5 Å². The van der Waals surface area contributed by atoms with Gasteiger partial charge in [0.15, 0.2) is 0 Å². The van der Waals surface area contributed by atoms with Gasteiger partial charge in [0.05, 0.1) is 6.10 Å². The normalized spacial score (nSPS) is 12.4. The van der Waals surface area contributed by atoms with Crippen LogP contribution in [0.25, 0.3) is 0 Å². The summed E-state index contributed by atoms with van der Waals surface area (Å²) in [6.07, 6.45) is 5.99. The Bertz CT molecular complexity index is 297. The molecule has 16 heavy (non-hydrogen) atoms.